The minimum absolute atomic E-state index is 0.0252. The lowest BCUT2D eigenvalue weighted by Crippen LogP contribution is -2.47. The number of carbonyl (C=O) groups is 1. The molecule has 0 radical (unpaired) electrons. The lowest BCUT2D eigenvalue weighted by atomic mass is 10.2. The van der Waals surface area contributed by atoms with Crippen LogP contribution in [0, 0.1) is 0 Å². The maximum Gasteiger partial charge on any atom is 0.246 e. The summed E-state index contributed by atoms with van der Waals surface area (Å²) in [5.41, 5.74) is 0.959. The van der Waals surface area contributed by atoms with Crippen molar-refractivity contribution in [2.75, 3.05) is 13.1 Å². The summed E-state index contributed by atoms with van der Waals surface area (Å²) in [6.45, 7) is 9.26. The van der Waals surface area contributed by atoms with Gasteiger partial charge in [-0.15, -0.1) is 0 Å². The normalized spacial score (nSPS) is 22.3. The van der Waals surface area contributed by atoms with E-state index in [0.717, 1.165) is 11.3 Å². The highest BCUT2D eigenvalue weighted by atomic mass is 16.5. The first-order valence-electron chi connectivity index (χ1n) is 7.83. The first-order chi connectivity index (χ1) is 10.4. The molecule has 1 aromatic rings. The van der Waals surface area contributed by atoms with Gasteiger partial charge in [-0.2, -0.15) is 0 Å². The van der Waals surface area contributed by atoms with Gasteiger partial charge in [0, 0.05) is 19.2 Å². The lowest BCUT2D eigenvalue weighted by molar-refractivity contribution is -0.137. The van der Waals surface area contributed by atoms with E-state index in [0.29, 0.717) is 13.1 Å². The Morgan fingerprint density at radius 1 is 1.32 bits per heavy atom. The molecule has 1 aliphatic rings. The van der Waals surface area contributed by atoms with Crippen molar-refractivity contribution in [3.8, 4) is 5.75 Å². The van der Waals surface area contributed by atoms with Gasteiger partial charge in [-0.3, -0.25) is 4.79 Å². The summed E-state index contributed by atoms with van der Waals surface area (Å²) >= 11 is 0. The summed E-state index contributed by atoms with van der Waals surface area (Å²) in [6, 6.07) is 7.75. The predicted octanol–water partition coefficient (Wildman–Crippen LogP) is 3.12. The fraction of sp³-hybridized carbons (Fsp3) is 0.500. The van der Waals surface area contributed by atoms with Crippen LogP contribution in [0.5, 0.6) is 5.75 Å². The fourth-order valence-electron chi connectivity index (χ4n) is 2.59. The SMILES string of the molecule is CC(C)Oc1cccc(/C=C/C(=O)N2CC(C)OC(C)C2)c1. The molecule has 0 aromatic heterocycles. The Bertz CT molecular complexity index is 529. The van der Waals surface area contributed by atoms with Crippen LogP contribution in [-0.4, -0.2) is 42.2 Å². The zero-order valence-corrected chi connectivity index (χ0v) is 13.8. The van der Waals surface area contributed by atoms with Crippen molar-refractivity contribution >= 4 is 12.0 Å². The van der Waals surface area contributed by atoms with Crippen molar-refractivity contribution < 1.29 is 14.3 Å². The van der Waals surface area contributed by atoms with E-state index >= 15 is 0 Å². The average Bonchev–Trinajstić information content (AvgIpc) is 2.43. The second kappa shape index (κ2) is 7.45. The van der Waals surface area contributed by atoms with Crippen molar-refractivity contribution in [2.45, 2.75) is 46.0 Å². The number of nitrogens with zero attached hydrogens (tertiary/aromatic N) is 1. The molecule has 0 spiro atoms. The van der Waals surface area contributed by atoms with Gasteiger partial charge in [0.2, 0.25) is 5.91 Å². The molecule has 0 aliphatic carbocycles. The molecule has 1 heterocycles. The zero-order valence-electron chi connectivity index (χ0n) is 13.8. The maximum absolute atomic E-state index is 12.3. The molecule has 2 atom stereocenters. The standard InChI is InChI=1S/C18H25NO3/c1-13(2)21-17-7-5-6-16(10-17)8-9-18(20)19-11-14(3)22-15(4)12-19/h5-10,13-15H,11-12H2,1-4H3/b9-8+. The summed E-state index contributed by atoms with van der Waals surface area (Å²) in [5, 5.41) is 0. The Labute approximate surface area is 132 Å². The summed E-state index contributed by atoms with van der Waals surface area (Å²) in [7, 11) is 0. The van der Waals surface area contributed by atoms with E-state index in [1.54, 1.807) is 6.08 Å². The van der Waals surface area contributed by atoms with E-state index in [4.69, 9.17) is 9.47 Å². The smallest absolute Gasteiger partial charge is 0.246 e. The highest BCUT2D eigenvalue weighted by molar-refractivity contribution is 5.91. The van der Waals surface area contributed by atoms with E-state index in [1.165, 1.54) is 0 Å². The minimum atomic E-state index is 0.0252. The Balaban J connectivity index is 2.00. The molecular weight excluding hydrogens is 278 g/mol. The highest BCUT2D eigenvalue weighted by Crippen LogP contribution is 2.16. The van der Waals surface area contributed by atoms with Gasteiger partial charge < -0.3 is 14.4 Å². The van der Waals surface area contributed by atoms with Crippen molar-refractivity contribution in [1.82, 2.24) is 4.90 Å². The van der Waals surface area contributed by atoms with Crippen molar-refractivity contribution in [1.29, 1.82) is 0 Å². The highest BCUT2D eigenvalue weighted by Gasteiger charge is 2.24. The Kier molecular flexibility index (Phi) is 5.61. The van der Waals surface area contributed by atoms with Crippen LogP contribution in [0.3, 0.4) is 0 Å². The number of morpholine rings is 1. The van der Waals surface area contributed by atoms with Gasteiger partial charge in [0.15, 0.2) is 0 Å². The van der Waals surface area contributed by atoms with E-state index in [2.05, 4.69) is 0 Å². The van der Waals surface area contributed by atoms with Gasteiger partial charge in [0.25, 0.3) is 0 Å². The lowest BCUT2D eigenvalue weighted by Gasteiger charge is -2.34. The number of rotatable bonds is 4. The van der Waals surface area contributed by atoms with E-state index in [9.17, 15) is 4.79 Å². The second-order valence-electron chi connectivity index (χ2n) is 6.07. The van der Waals surface area contributed by atoms with Crippen LogP contribution in [0.25, 0.3) is 6.08 Å². The minimum Gasteiger partial charge on any atom is -0.491 e. The van der Waals surface area contributed by atoms with Crippen LogP contribution in [0.4, 0.5) is 0 Å². The average molecular weight is 303 g/mol. The first-order valence-corrected chi connectivity index (χ1v) is 7.83. The monoisotopic (exact) mass is 303 g/mol. The summed E-state index contributed by atoms with van der Waals surface area (Å²) < 4.78 is 11.3. The first kappa shape index (κ1) is 16.6. The molecular formula is C18H25NO3. The van der Waals surface area contributed by atoms with Gasteiger partial charge >= 0.3 is 0 Å². The maximum atomic E-state index is 12.3. The molecule has 1 fully saturated rings. The molecule has 4 heteroatoms. The molecule has 4 nitrogen and oxygen atoms in total. The largest absolute Gasteiger partial charge is 0.491 e. The van der Waals surface area contributed by atoms with E-state index in [1.807, 2.05) is 62.9 Å². The number of hydrogen-bond acceptors (Lipinski definition) is 3. The summed E-state index contributed by atoms with van der Waals surface area (Å²) in [4.78, 5) is 14.1. The van der Waals surface area contributed by atoms with Crippen LogP contribution in [-0.2, 0) is 9.53 Å². The molecule has 1 saturated heterocycles. The number of amides is 1. The van der Waals surface area contributed by atoms with E-state index in [-0.39, 0.29) is 24.2 Å². The number of benzene rings is 1. The number of hydrogen-bond donors (Lipinski definition) is 0. The molecule has 2 rings (SSSR count). The summed E-state index contributed by atoms with van der Waals surface area (Å²) in [5.74, 6) is 0.843. The van der Waals surface area contributed by atoms with Crippen LogP contribution in [0.1, 0.15) is 33.3 Å². The quantitative estimate of drug-likeness (QED) is 0.802. The predicted molar refractivity (Wildman–Crippen MR) is 87.8 cm³/mol. The number of ether oxygens (including phenoxy) is 2. The van der Waals surface area contributed by atoms with Crippen LogP contribution in [0.2, 0.25) is 0 Å². The van der Waals surface area contributed by atoms with Gasteiger partial charge in [-0.05, 0) is 51.5 Å². The van der Waals surface area contributed by atoms with E-state index < -0.39 is 0 Å². The zero-order chi connectivity index (χ0) is 16.1. The van der Waals surface area contributed by atoms with Crippen LogP contribution in [0.15, 0.2) is 30.3 Å². The molecule has 0 N–H and O–H groups in total. The van der Waals surface area contributed by atoms with Crippen LogP contribution >= 0.6 is 0 Å². The molecule has 0 bridgehead atoms. The van der Waals surface area contributed by atoms with Crippen LogP contribution < -0.4 is 4.74 Å². The molecule has 0 saturated carbocycles. The number of carbonyl (C=O) groups excluding carboxylic acids is 1. The van der Waals surface area contributed by atoms with Gasteiger partial charge in [0.1, 0.15) is 5.75 Å². The Morgan fingerprint density at radius 2 is 2.00 bits per heavy atom. The van der Waals surface area contributed by atoms with Crippen molar-refractivity contribution in [3.05, 3.63) is 35.9 Å². The second-order valence-corrected chi connectivity index (χ2v) is 6.07. The fourth-order valence-corrected chi connectivity index (χ4v) is 2.59. The Hall–Kier alpha value is -1.81. The molecule has 1 aliphatic heterocycles. The molecule has 1 aromatic carbocycles. The van der Waals surface area contributed by atoms with Gasteiger partial charge in [0.05, 0.1) is 18.3 Å². The van der Waals surface area contributed by atoms with Gasteiger partial charge in [-0.25, -0.2) is 0 Å². The third kappa shape index (κ3) is 4.88. The van der Waals surface area contributed by atoms with Crippen molar-refractivity contribution in [2.24, 2.45) is 0 Å². The van der Waals surface area contributed by atoms with Crippen molar-refractivity contribution in [3.63, 3.8) is 0 Å². The molecule has 120 valence electrons. The molecule has 2 unspecified atom stereocenters. The summed E-state index contributed by atoms with van der Waals surface area (Å²) in [6.07, 6.45) is 3.77. The topological polar surface area (TPSA) is 38.8 Å². The third-order valence-corrected chi connectivity index (χ3v) is 3.38. The Morgan fingerprint density at radius 3 is 2.64 bits per heavy atom. The van der Waals surface area contributed by atoms with Gasteiger partial charge in [-0.1, -0.05) is 12.1 Å². The third-order valence-electron chi connectivity index (χ3n) is 3.38. The molecule has 1 amide bonds. The molecule has 22 heavy (non-hydrogen) atoms.